The first-order valence-electron chi connectivity index (χ1n) is 9.71. The molecule has 152 valence electrons. The average molecular weight is 458 g/mol. The molecule has 0 saturated carbocycles. The zero-order chi connectivity index (χ0) is 21.0. The third-order valence-electron chi connectivity index (χ3n) is 5.07. The fraction of sp³-hybridized carbons (Fsp3) is 0.318. The summed E-state index contributed by atoms with van der Waals surface area (Å²) in [5, 5.41) is 2.80. The van der Waals surface area contributed by atoms with Crippen LogP contribution in [-0.2, 0) is 9.59 Å². The van der Waals surface area contributed by atoms with Crippen molar-refractivity contribution in [2.45, 2.75) is 20.3 Å². The van der Waals surface area contributed by atoms with Gasteiger partial charge in [0.1, 0.15) is 5.92 Å². The summed E-state index contributed by atoms with van der Waals surface area (Å²) in [6.45, 7) is 5.58. The van der Waals surface area contributed by atoms with Gasteiger partial charge in [0.25, 0.3) is 5.91 Å². The number of hydrogen-bond acceptors (Lipinski definition) is 3. The van der Waals surface area contributed by atoms with Crippen molar-refractivity contribution in [2.75, 3.05) is 29.9 Å². The monoisotopic (exact) mass is 457 g/mol. The van der Waals surface area contributed by atoms with Gasteiger partial charge in [0.05, 0.1) is 0 Å². The minimum Gasteiger partial charge on any atom is -0.339 e. The molecule has 2 aromatic rings. The number of nitrogens with one attached hydrogen (secondary N) is 1. The van der Waals surface area contributed by atoms with Crippen LogP contribution in [0, 0.1) is 5.92 Å². The van der Waals surface area contributed by atoms with Gasteiger partial charge in [0, 0.05) is 41.0 Å². The second-order valence-electron chi connectivity index (χ2n) is 6.86. The van der Waals surface area contributed by atoms with Crippen LogP contribution in [0.5, 0.6) is 0 Å². The lowest BCUT2D eigenvalue weighted by atomic mass is 10.1. The molecule has 1 unspecified atom stereocenters. The van der Waals surface area contributed by atoms with Crippen LogP contribution in [0.4, 0.5) is 11.4 Å². The molecule has 1 atom stereocenters. The van der Waals surface area contributed by atoms with Gasteiger partial charge in [-0.3, -0.25) is 14.4 Å². The molecule has 7 heteroatoms. The Morgan fingerprint density at radius 2 is 1.86 bits per heavy atom. The Bertz CT molecular complexity index is 927. The van der Waals surface area contributed by atoms with Crippen molar-refractivity contribution in [2.24, 2.45) is 5.92 Å². The van der Waals surface area contributed by atoms with Gasteiger partial charge in [-0.25, -0.2) is 0 Å². The van der Waals surface area contributed by atoms with E-state index in [0.29, 0.717) is 37.3 Å². The van der Waals surface area contributed by atoms with Crippen LogP contribution in [0.2, 0.25) is 0 Å². The van der Waals surface area contributed by atoms with E-state index in [1.165, 1.54) is 0 Å². The molecule has 0 aliphatic carbocycles. The lowest BCUT2D eigenvalue weighted by Gasteiger charge is -2.19. The van der Waals surface area contributed by atoms with Gasteiger partial charge >= 0.3 is 0 Å². The lowest BCUT2D eigenvalue weighted by molar-refractivity contribution is -0.129. The molecule has 2 aromatic carbocycles. The molecule has 3 rings (SSSR count). The second kappa shape index (κ2) is 9.22. The zero-order valence-electron chi connectivity index (χ0n) is 16.5. The Kier molecular flexibility index (Phi) is 6.69. The first-order chi connectivity index (χ1) is 13.9. The number of halogens is 1. The van der Waals surface area contributed by atoms with Gasteiger partial charge in [0.15, 0.2) is 0 Å². The molecule has 1 fully saturated rings. The highest BCUT2D eigenvalue weighted by molar-refractivity contribution is 9.10. The fourth-order valence-corrected chi connectivity index (χ4v) is 3.86. The molecule has 1 aliphatic heterocycles. The van der Waals surface area contributed by atoms with E-state index in [-0.39, 0.29) is 17.7 Å². The van der Waals surface area contributed by atoms with Crippen LogP contribution in [0.25, 0.3) is 0 Å². The Hall–Kier alpha value is -2.67. The number of benzene rings is 2. The third-order valence-corrected chi connectivity index (χ3v) is 5.56. The Labute approximate surface area is 179 Å². The van der Waals surface area contributed by atoms with Crippen molar-refractivity contribution in [3.8, 4) is 0 Å². The normalized spacial score (nSPS) is 16.0. The van der Waals surface area contributed by atoms with Crippen molar-refractivity contribution in [3.05, 3.63) is 58.6 Å². The summed E-state index contributed by atoms with van der Waals surface area (Å²) >= 11 is 3.41. The molecule has 1 aliphatic rings. The van der Waals surface area contributed by atoms with Gasteiger partial charge < -0.3 is 15.1 Å². The molecular formula is C22H24BrN3O3. The summed E-state index contributed by atoms with van der Waals surface area (Å²) in [5.74, 6) is -1.38. The van der Waals surface area contributed by atoms with Crippen LogP contribution < -0.4 is 10.2 Å². The van der Waals surface area contributed by atoms with Gasteiger partial charge in [0.2, 0.25) is 11.8 Å². The molecule has 1 heterocycles. The second-order valence-corrected chi connectivity index (χ2v) is 7.77. The molecule has 1 saturated heterocycles. The zero-order valence-corrected chi connectivity index (χ0v) is 18.1. The topological polar surface area (TPSA) is 69.7 Å². The van der Waals surface area contributed by atoms with Gasteiger partial charge in [-0.2, -0.15) is 0 Å². The first kappa shape index (κ1) is 21.0. The molecule has 0 spiro atoms. The molecule has 0 bridgehead atoms. The highest BCUT2D eigenvalue weighted by atomic mass is 79.9. The van der Waals surface area contributed by atoms with Crippen LogP contribution in [0.15, 0.2) is 53.0 Å². The van der Waals surface area contributed by atoms with E-state index in [1.54, 1.807) is 34.1 Å². The average Bonchev–Trinajstić information content (AvgIpc) is 3.10. The Morgan fingerprint density at radius 3 is 2.55 bits per heavy atom. The molecule has 0 aromatic heterocycles. The SMILES string of the molecule is CCN(CC)C(=O)c1cccc(NC(=O)C2CCN(c3cccc(Br)c3)C2=O)c1. The summed E-state index contributed by atoms with van der Waals surface area (Å²) in [7, 11) is 0. The predicted molar refractivity (Wildman–Crippen MR) is 117 cm³/mol. The molecule has 6 nitrogen and oxygen atoms in total. The van der Waals surface area contributed by atoms with E-state index < -0.39 is 5.92 Å². The highest BCUT2D eigenvalue weighted by Gasteiger charge is 2.37. The van der Waals surface area contributed by atoms with Crippen LogP contribution in [-0.4, -0.2) is 42.3 Å². The number of carbonyl (C=O) groups is 3. The summed E-state index contributed by atoms with van der Waals surface area (Å²) in [4.78, 5) is 41.4. The fourth-order valence-electron chi connectivity index (χ4n) is 3.48. The predicted octanol–water partition coefficient (Wildman–Crippen LogP) is 3.92. The summed E-state index contributed by atoms with van der Waals surface area (Å²) in [5.41, 5.74) is 1.80. The molecular weight excluding hydrogens is 434 g/mol. The van der Waals surface area contributed by atoms with E-state index in [9.17, 15) is 14.4 Å². The van der Waals surface area contributed by atoms with Crippen molar-refractivity contribution < 1.29 is 14.4 Å². The van der Waals surface area contributed by atoms with Gasteiger partial charge in [-0.15, -0.1) is 0 Å². The van der Waals surface area contributed by atoms with E-state index in [0.717, 1.165) is 10.2 Å². The van der Waals surface area contributed by atoms with Crippen molar-refractivity contribution >= 4 is 45.0 Å². The smallest absolute Gasteiger partial charge is 0.253 e. The highest BCUT2D eigenvalue weighted by Crippen LogP contribution is 2.28. The van der Waals surface area contributed by atoms with Crippen molar-refractivity contribution in [1.29, 1.82) is 0 Å². The first-order valence-corrected chi connectivity index (χ1v) is 10.5. The standard InChI is InChI=1S/C22H24BrN3O3/c1-3-25(4-2)21(28)15-7-5-9-17(13-15)24-20(27)19-11-12-26(22(19)29)18-10-6-8-16(23)14-18/h5-10,13-14,19H,3-4,11-12H2,1-2H3,(H,24,27). The number of nitrogens with zero attached hydrogens (tertiary/aromatic N) is 2. The number of rotatable bonds is 6. The lowest BCUT2D eigenvalue weighted by Crippen LogP contribution is -2.33. The van der Waals surface area contributed by atoms with Gasteiger partial charge in [-0.05, 0) is 56.7 Å². The quantitative estimate of drug-likeness (QED) is 0.668. The maximum atomic E-state index is 12.8. The summed E-state index contributed by atoms with van der Waals surface area (Å²) < 4.78 is 0.880. The maximum Gasteiger partial charge on any atom is 0.253 e. The summed E-state index contributed by atoms with van der Waals surface area (Å²) in [6, 6.07) is 14.3. The van der Waals surface area contributed by atoms with E-state index >= 15 is 0 Å². The van der Waals surface area contributed by atoms with Crippen LogP contribution >= 0.6 is 15.9 Å². The maximum absolute atomic E-state index is 12.8. The molecule has 1 N–H and O–H groups in total. The minimum absolute atomic E-state index is 0.0797. The third kappa shape index (κ3) is 4.67. The van der Waals surface area contributed by atoms with Crippen LogP contribution in [0.1, 0.15) is 30.6 Å². The Morgan fingerprint density at radius 1 is 1.14 bits per heavy atom. The largest absolute Gasteiger partial charge is 0.339 e. The molecule has 3 amide bonds. The van der Waals surface area contributed by atoms with E-state index in [4.69, 9.17) is 0 Å². The van der Waals surface area contributed by atoms with Gasteiger partial charge in [-0.1, -0.05) is 28.1 Å². The number of carbonyl (C=O) groups excluding carboxylic acids is 3. The van der Waals surface area contributed by atoms with E-state index in [1.807, 2.05) is 38.1 Å². The number of anilines is 2. The number of amides is 3. The van der Waals surface area contributed by atoms with Crippen molar-refractivity contribution in [3.63, 3.8) is 0 Å². The molecule has 0 radical (unpaired) electrons. The Balaban J connectivity index is 1.70. The minimum atomic E-state index is -0.740. The van der Waals surface area contributed by atoms with Crippen LogP contribution in [0.3, 0.4) is 0 Å². The molecule has 29 heavy (non-hydrogen) atoms. The van der Waals surface area contributed by atoms with Crippen molar-refractivity contribution in [1.82, 2.24) is 4.90 Å². The van der Waals surface area contributed by atoms with E-state index in [2.05, 4.69) is 21.2 Å². The number of hydrogen-bond donors (Lipinski definition) is 1. The summed E-state index contributed by atoms with van der Waals surface area (Å²) in [6.07, 6.45) is 0.454.